The SMILES string of the molecule is OCC1CCCN(CCSc2ccccc2)C1. The molecule has 1 fully saturated rings. The lowest BCUT2D eigenvalue weighted by atomic mass is 9.99. The van der Waals surface area contributed by atoms with E-state index in [4.69, 9.17) is 0 Å². The number of nitrogens with zero attached hydrogens (tertiary/aromatic N) is 1. The Hall–Kier alpha value is -0.510. The lowest BCUT2D eigenvalue weighted by Crippen LogP contribution is -2.38. The lowest BCUT2D eigenvalue weighted by molar-refractivity contribution is 0.125. The van der Waals surface area contributed by atoms with Gasteiger partial charge in [0, 0.05) is 30.3 Å². The van der Waals surface area contributed by atoms with Crippen LogP contribution in [0.4, 0.5) is 0 Å². The molecule has 1 unspecified atom stereocenters. The van der Waals surface area contributed by atoms with Gasteiger partial charge in [0.05, 0.1) is 0 Å². The normalized spacial score (nSPS) is 21.6. The van der Waals surface area contributed by atoms with E-state index in [9.17, 15) is 5.11 Å². The number of rotatable bonds is 5. The number of likely N-dealkylation sites (tertiary alicyclic amines) is 1. The zero-order valence-electron chi connectivity index (χ0n) is 10.2. The van der Waals surface area contributed by atoms with Gasteiger partial charge in [-0.25, -0.2) is 0 Å². The lowest BCUT2D eigenvalue weighted by Gasteiger charge is -2.31. The van der Waals surface area contributed by atoms with Gasteiger partial charge < -0.3 is 10.0 Å². The number of benzene rings is 1. The molecule has 0 saturated carbocycles. The molecule has 1 aromatic rings. The van der Waals surface area contributed by atoms with Crippen molar-refractivity contribution in [3.8, 4) is 0 Å². The monoisotopic (exact) mass is 251 g/mol. The van der Waals surface area contributed by atoms with Crippen LogP contribution in [-0.2, 0) is 0 Å². The third-order valence-corrected chi connectivity index (χ3v) is 4.27. The first kappa shape index (κ1) is 12.9. The Kier molecular flexibility index (Phi) is 5.36. The van der Waals surface area contributed by atoms with Crippen LogP contribution < -0.4 is 0 Å². The zero-order chi connectivity index (χ0) is 11.9. The molecule has 94 valence electrons. The van der Waals surface area contributed by atoms with E-state index in [2.05, 4.69) is 35.2 Å². The van der Waals surface area contributed by atoms with Crippen molar-refractivity contribution in [3.63, 3.8) is 0 Å². The molecule has 0 bridgehead atoms. The molecule has 0 aliphatic carbocycles. The van der Waals surface area contributed by atoms with Crippen molar-refractivity contribution in [2.75, 3.05) is 32.0 Å². The van der Waals surface area contributed by atoms with E-state index in [1.54, 1.807) is 0 Å². The third-order valence-electron chi connectivity index (χ3n) is 3.28. The standard InChI is InChI=1S/C14H21NOS/c16-12-13-5-4-8-15(11-13)9-10-17-14-6-2-1-3-7-14/h1-3,6-7,13,16H,4-5,8-12H2. The number of piperidine rings is 1. The smallest absolute Gasteiger partial charge is 0.0471 e. The van der Waals surface area contributed by atoms with Gasteiger partial charge >= 0.3 is 0 Å². The minimum Gasteiger partial charge on any atom is -0.396 e. The average molecular weight is 251 g/mol. The molecule has 0 amide bonds. The van der Waals surface area contributed by atoms with Gasteiger partial charge in [0.2, 0.25) is 0 Å². The molecular weight excluding hydrogens is 230 g/mol. The van der Waals surface area contributed by atoms with Gasteiger partial charge in [0.25, 0.3) is 0 Å². The quantitative estimate of drug-likeness (QED) is 0.813. The van der Waals surface area contributed by atoms with E-state index < -0.39 is 0 Å². The van der Waals surface area contributed by atoms with Crippen molar-refractivity contribution in [1.29, 1.82) is 0 Å². The molecule has 1 N–H and O–H groups in total. The highest BCUT2D eigenvalue weighted by Gasteiger charge is 2.18. The number of thioether (sulfide) groups is 1. The zero-order valence-corrected chi connectivity index (χ0v) is 11.0. The molecule has 2 rings (SSSR count). The number of aliphatic hydroxyl groups excluding tert-OH is 1. The first-order valence-electron chi connectivity index (χ1n) is 6.39. The van der Waals surface area contributed by atoms with Gasteiger partial charge in [-0.2, -0.15) is 0 Å². The molecule has 1 heterocycles. The van der Waals surface area contributed by atoms with Crippen LogP contribution in [0.3, 0.4) is 0 Å². The van der Waals surface area contributed by atoms with Crippen molar-refractivity contribution in [1.82, 2.24) is 4.90 Å². The summed E-state index contributed by atoms with van der Waals surface area (Å²) in [6.07, 6.45) is 2.43. The van der Waals surface area contributed by atoms with Crippen molar-refractivity contribution in [2.45, 2.75) is 17.7 Å². The summed E-state index contributed by atoms with van der Waals surface area (Å²) in [5.74, 6) is 1.65. The highest BCUT2D eigenvalue weighted by atomic mass is 32.2. The van der Waals surface area contributed by atoms with Gasteiger partial charge in [0.15, 0.2) is 0 Å². The summed E-state index contributed by atoms with van der Waals surface area (Å²) < 4.78 is 0. The first-order valence-corrected chi connectivity index (χ1v) is 7.38. The van der Waals surface area contributed by atoms with Crippen LogP contribution in [0.5, 0.6) is 0 Å². The molecular formula is C14H21NOS. The molecule has 17 heavy (non-hydrogen) atoms. The molecule has 0 radical (unpaired) electrons. The summed E-state index contributed by atoms with van der Waals surface area (Å²) in [6, 6.07) is 10.6. The highest BCUT2D eigenvalue weighted by molar-refractivity contribution is 7.99. The minimum absolute atomic E-state index is 0.350. The fourth-order valence-corrected chi connectivity index (χ4v) is 3.25. The second-order valence-corrected chi connectivity index (χ2v) is 5.82. The fraction of sp³-hybridized carbons (Fsp3) is 0.571. The molecule has 1 saturated heterocycles. The molecule has 1 aliphatic heterocycles. The van der Waals surface area contributed by atoms with Crippen LogP contribution >= 0.6 is 11.8 Å². The molecule has 0 aromatic heterocycles. The summed E-state index contributed by atoms with van der Waals surface area (Å²) >= 11 is 1.92. The van der Waals surface area contributed by atoms with E-state index in [1.165, 1.54) is 24.3 Å². The molecule has 3 heteroatoms. The summed E-state index contributed by atoms with van der Waals surface area (Å²) in [5.41, 5.74) is 0. The van der Waals surface area contributed by atoms with Crippen molar-refractivity contribution in [3.05, 3.63) is 30.3 Å². The molecule has 1 atom stereocenters. The third kappa shape index (κ3) is 4.34. The highest BCUT2D eigenvalue weighted by Crippen LogP contribution is 2.19. The maximum absolute atomic E-state index is 9.18. The Bertz CT molecular complexity index is 317. The summed E-state index contributed by atoms with van der Waals surface area (Å²) in [6.45, 7) is 3.76. The van der Waals surface area contributed by atoms with E-state index in [0.29, 0.717) is 12.5 Å². The summed E-state index contributed by atoms with van der Waals surface area (Å²) in [4.78, 5) is 3.84. The van der Waals surface area contributed by atoms with Crippen molar-refractivity contribution in [2.24, 2.45) is 5.92 Å². The van der Waals surface area contributed by atoms with Gasteiger partial charge in [0.1, 0.15) is 0 Å². The minimum atomic E-state index is 0.350. The second-order valence-electron chi connectivity index (χ2n) is 4.65. The molecule has 0 spiro atoms. The Morgan fingerprint density at radius 3 is 2.88 bits per heavy atom. The topological polar surface area (TPSA) is 23.5 Å². The summed E-state index contributed by atoms with van der Waals surface area (Å²) in [7, 11) is 0. The van der Waals surface area contributed by atoms with Crippen LogP contribution in [0.1, 0.15) is 12.8 Å². The van der Waals surface area contributed by atoms with Crippen LogP contribution in [0.25, 0.3) is 0 Å². The van der Waals surface area contributed by atoms with E-state index >= 15 is 0 Å². The van der Waals surface area contributed by atoms with Gasteiger partial charge in [-0.3, -0.25) is 0 Å². The average Bonchev–Trinajstić information content (AvgIpc) is 2.40. The number of hydrogen-bond acceptors (Lipinski definition) is 3. The maximum atomic E-state index is 9.18. The second kappa shape index (κ2) is 7.04. The Morgan fingerprint density at radius 2 is 2.12 bits per heavy atom. The fourth-order valence-electron chi connectivity index (χ4n) is 2.31. The van der Waals surface area contributed by atoms with E-state index in [-0.39, 0.29) is 0 Å². The van der Waals surface area contributed by atoms with Gasteiger partial charge in [-0.1, -0.05) is 18.2 Å². The van der Waals surface area contributed by atoms with Crippen LogP contribution in [0.15, 0.2) is 35.2 Å². The van der Waals surface area contributed by atoms with Crippen LogP contribution in [-0.4, -0.2) is 42.0 Å². The van der Waals surface area contributed by atoms with Gasteiger partial charge in [-0.05, 0) is 37.4 Å². The van der Waals surface area contributed by atoms with E-state index in [1.807, 2.05) is 11.8 Å². The van der Waals surface area contributed by atoms with E-state index in [0.717, 1.165) is 18.8 Å². The predicted octanol–water partition coefficient (Wildman–Crippen LogP) is 2.48. The largest absolute Gasteiger partial charge is 0.396 e. The summed E-state index contributed by atoms with van der Waals surface area (Å²) in [5, 5.41) is 9.18. The van der Waals surface area contributed by atoms with Gasteiger partial charge in [-0.15, -0.1) is 11.8 Å². The van der Waals surface area contributed by atoms with Crippen LogP contribution in [0.2, 0.25) is 0 Å². The Balaban J connectivity index is 1.68. The molecule has 1 aromatic carbocycles. The molecule has 1 aliphatic rings. The van der Waals surface area contributed by atoms with Crippen molar-refractivity contribution >= 4 is 11.8 Å². The van der Waals surface area contributed by atoms with Crippen LogP contribution in [0, 0.1) is 5.92 Å². The Morgan fingerprint density at radius 1 is 1.29 bits per heavy atom. The Labute approximate surface area is 108 Å². The number of hydrogen-bond donors (Lipinski definition) is 1. The predicted molar refractivity (Wildman–Crippen MR) is 73.4 cm³/mol. The maximum Gasteiger partial charge on any atom is 0.0471 e. The first-order chi connectivity index (χ1) is 8.38. The number of aliphatic hydroxyl groups is 1. The molecule has 2 nitrogen and oxygen atoms in total. The van der Waals surface area contributed by atoms with Crippen molar-refractivity contribution < 1.29 is 5.11 Å².